The van der Waals surface area contributed by atoms with E-state index in [2.05, 4.69) is 9.47 Å². The Bertz CT molecular complexity index is 492. The van der Waals surface area contributed by atoms with Gasteiger partial charge in [0.1, 0.15) is 0 Å². The number of hydrogen-bond donors (Lipinski definition) is 2. The number of aliphatic hydroxyl groups excluding tert-OH is 1. The number of nitrogens with zero attached hydrogens (tertiary/aromatic N) is 2. The highest BCUT2D eigenvalue weighted by Crippen LogP contribution is 2.31. The molecular formula is C15H24N2O3. The molecule has 1 aromatic heterocycles. The topological polar surface area (TPSA) is 65.7 Å². The van der Waals surface area contributed by atoms with Crippen molar-refractivity contribution in [2.24, 2.45) is 0 Å². The Balaban J connectivity index is 2.29. The molecule has 0 aromatic carbocycles. The minimum absolute atomic E-state index is 0.111. The normalized spacial score (nSPS) is 16.1. The summed E-state index contributed by atoms with van der Waals surface area (Å²) in [6.07, 6.45) is 6.18. The van der Waals surface area contributed by atoms with Gasteiger partial charge < -0.3 is 14.8 Å². The molecule has 1 saturated carbocycles. The van der Waals surface area contributed by atoms with E-state index in [0.717, 1.165) is 25.1 Å². The lowest BCUT2D eigenvalue weighted by Crippen LogP contribution is -2.29. The van der Waals surface area contributed by atoms with Crippen molar-refractivity contribution in [3.8, 4) is 5.75 Å². The first kappa shape index (κ1) is 15.1. The molecular weight excluding hydrogens is 256 g/mol. The van der Waals surface area contributed by atoms with E-state index in [1.165, 1.54) is 18.9 Å². The number of aromatic hydroxyl groups is 1. The molecule has 0 saturated heterocycles. The third-order valence-electron chi connectivity index (χ3n) is 4.11. The van der Waals surface area contributed by atoms with Crippen molar-refractivity contribution in [1.29, 1.82) is 0 Å². The smallest absolute Gasteiger partial charge is 0.223 e. The molecule has 0 unspecified atom stereocenters. The maximum atomic E-state index is 11.7. The number of aliphatic hydroxyl groups is 1. The highest BCUT2D eigenvalue weighted by atomic mass is 16.3. The second kappa shape index (κ2) is 6.90. The first-order valence-electron chi connectivity index (χ1n) is 7.43. The zero-order valence-electron chi connectivity index (χ0n) is 12.1. The number of aromatic nitrogens is 1. The minimum Gasteiger partial charge on any atom is -0.503 e. The first-order chi connectivity index (χ1) is 9.65. The molecule has 0 aliphatic heterocycles. The fourth-order valence-corrected chi connectivity index (χ4v) is 2.95. The van der Waals surface area contributed by atoms with E-state index in [0.29, 0.717) is 19.1 Å². The second-order valence-corrected chi connectivity index (χ2v) is 5.45. The van der Waals surface area contributed by atoms with Gasteiger partial charge in [0.25, 0.3) is 0 Å². The molecule has 0 atom stereocenters. The van der Waals surface area contributed by atoms with E-state index < -0.39 is 0 Å². The largest absolute Gasteiger partial charge is 0.503 e. The van der Waals surface area contributed by atoms with Crippen LogP contribution in [-0.4, -0.2) is 39.4 Å². The van der Waals surface area contributed by atoms with Crippen LogP contribution in [0.25, 0.3) is 0 Å². The van der Waals surface area contributed by atoms with Gasteiger partial charge in [-0.2, -0.15) is 0 Å². The Kier molecular flexibility index (Phi) is 5.20. The molecule has 1 aromatic rings. The van der Waals surface area contributed by atoms with Crippen LogP contribution in [0.2, 0.25) is 0 Å². The average molecular weight is 280 g/mol. The van der Waals surface area contributed by atoms with Gasteiger partial charge in [-0.1, -0.05) is 19.8 Å². The molecule has 0 amide bonds. The number of likely N-dealkylation sites (N-methyl/N-ethyl adjacent to an activating group) is 1. The summed E-state index contributed by atoms with van der Waals surface area (Å²) in [6.45, 7) is 4.19. The quantitative estimate of drug-likeness (QED) is 0.828. The lowest BCUT2D eigenvalue weighted by molar-refractivity contribution is 0.192. The fraction of sp³-hybridized carbons (Fsp3) is 0.667. The van der Waals surface area contributed by atoms with Crippen LogP contribution in [0.4, 0.5) is 0 Å². The number of rotatable bonds is 6. The molecule has 1 aliphatic rings. The maximum absolute atomic E-state index is 11.7. The van der Waals surface area contributed by atoms with Crippen molar-refractivity contribution in [2.45, 2.75) is 45.2 Å². The van der Waals surface area contributed by atoms with Gasteiger partial charge >= 0.3 is 0 Å². The van der Waals surface area contributed by atoms with E-state index >= 15 is 0 Å². The summed E-state index contributed by atoms with van der Waals surface area (Å²) in [4.78, 5) is 13.8. The van der Waals surface area contributed by atoms with Gasteiger partial charge in [0.2, 0.25) is 5.43 Å². The van der Waals surface area contributed by atoms with Gasteiger partial charge in [0.15, 0.2) is 5.75 Å². The number of pyridine rings is 1. The molecule has 112 valence electrons. The number of hydrogen-bond acceptors (Lipinski definition) is 4. The third-order valence-corrected chi connectivity index (χ3v) is 4.11. The monoisotopic (exact) mass is 280 g/mol. The van der Waals surface area contributed by atoms with Crippen LogP contribution in [0.15, 0.2) is 17.1 Å². The molecule has 1 fully saturated rings. The van der Waals surface area contributed by atoms with Gasteiger partial charge in [0, 0.05) is 30.9 Å². The lowest BCUT2D eigenvalue weighted by atomic mass is 10.2. The summed E-state index contributed by atoms with van der Waals surface area (Å²) in [6, 6.07) is 1.91. The molecule has 5 nitrogen and oxygen atoms in total. The predicted octanol–water partition coefficient (Wildman–Crippen LogP) is 1.48. The van der Waals surface area contributed by atoms with Gasteiger partial charge in [0.05, 0.1) is 12.8 Å². The van der Waals surface area contributed by atoms with Crippen LogP contribution < -0.4 is 5.43 Å². The molecule has 2 N–H and O–H groups in total. The van der Waals surface area contributed by atoms with E-state index in [1.807, 2.05) is 6.92 Å². The third kappa shape index (κ3) is 3.41. The second-order valence-electron chi connectivity index (χ2n) is 5.45. The summed E-state index contributed by atoms with van der Waals surface area (Å²) in [5.41, 5.74) is 0.601. The molecule has 1 heterocycles. The highest BCUT2D eigenvalue weighted by molar-refractivity contribution is 5.21. The Labute approximate surface area is 119 Å². The molecule has 0 bridgehead atoms. The maximum Gasteiger partial charge on any atom is 0.223 e. The lowest BCUT2D eigenvalue weighted by Gasteiger charge is -2.25. The Morgan fingerprint density at radius 2 is 2.10 bits per heavy atom. The van der Waals surface area contributed by atoms with Gasteiger partial charge in [-0.05, 0) is 19.4 Å². The van der Waals surface area contributed by atoms with Crippen molar-refractivity contribution in [3.63, 3.8) is 0 Å². The molecule has 0 spiro atoms. The van der Waals surface area contributed by atoms with Crippen LogP contribution in [0.5, 0.6) is 5.75 Å². The molecule has 5 heteroatoms. The summed E-state index contributed by atoms with van der Waals surface area (Å²) in [7, 11) is 0. The summed E-state index contributed by atoms with van der Waals surface area (Å²) in [5.74, 6) is -0.175. The van der Waals surface area contributed by atoms with Crippen molar-refractivity contribution in [1.82, 2.24) is 9.47 Å². The average Bonchev–Trinajstić information content (AvgIpc) is 2.95. The summed E-state index contributed by atoms with van der Waals surface area (Å²) < 4.78 is 2.06. The Morgan fingerprint density at radius 1 is 1.40 bits per heavy atom. The first-order valence-corrected chi connectivity index (χ1v) is 7.43. The van der Waals surface area contributed by atoms with Gasteiger partial charge in [-0.3, -0.25) is 9.69 Å². The van der Waals surface area contributed by atoms with E-state index in [9.17, 15) is 9.90 Å². The Morgan fingerprint density at radius 3 is 2.70 bits per heavy atom. The van der Waals surface area contributed by atoms with Crippen LogP contribution in [0.3, 0.4) is 0 Å². The predicted molar refractivity (Wildman–Crippen MR) is 77.9 cm³/mol. The van der Waals surface area contributed by atoms with Crippen molar-refractivity contribution in [3.05, 3.63) is 28.2 Å². The molecule has 0 radical (unpaired) electrons. The molecule has 1 aliphatic carbocycles. The van der Waals surface area contributed by atoms with Crippen molar-refractivity contribution in [2.75, 3.05) is 19.7 Å². The SMILES string of the molecule is CCN(CCO)Cc1cc(=O)c(O)cn1C1CCCC1. The van der Waals surface area contributed by atoms with Gasteiger partial charge in [-0.15, -0.1) is 0 Å². The van der Waals surface area contributed by atoms with Crippen molar-refractivity contribution >= 4 is 0 Å². The zero-order chi connectivity index (χ0) is 14.5. The Hall–Kier alpha value is -1.33. The summed E-state index contributed by atoms with van der Waals surface area (Å²) >= 11 is 0. The van der Waals surface area contributed by atoms with Crippen LogP contribution >= 0.6 is 0 Å². The van der Waals surface area contributed by atoms with E-state index in [4.69, 9.17) is 5.11 Å². The molecule has 20 heavy (non-hydrogen) atoms. The zero-order valence-corrected chi connectivity index (χ0v) is 12.1. The van der Waals surface area contributed by atoms with E-state index in [-0.39, 0.29) is 17.8 Å². The molecule has 2 rings (SSSR count). The van der Waals surface area contributed by atoms with Crippen LogP contribution in [0.1, 0.15) is 44.3 Å². The standard InChI is InChI=1S/C15H24N2O3/c1-2-16(7-8-18)10-13-9-14(19)15(20)11-17(13)12-5-3-4-6-12/h9,11-12,18,20H,2-8,10H2,1H3. The summed E-state index contributed by atoms with van der Waals surface area (Å²) in [5, 5.41) is 18.8. The highest BCUT2D eigenvalue weighted by Gasteiger charge is 2.20. The van der Waals surface area contributed by atoms with Crippen molar-refractivity contribution < 1.29 is 10.2 Å². The van der Waals surface area contributed by atoms with Crippen LogP contribution in [0, 0.1) is 0 Å². The minimum atomic E-state index is -0.325. The fourth-order valence-electron chi connectivity index (χ4n) is 2.95. The van der Waals surface area contributed by atoms with E-state index in [1.54, 1.807) is 6.20 Å². The van der Waals surface area contributed by atoms with Crippen LogP contribution in [-0.2, 0) is 6.54 Å². The van der Waals surface area contributed by atoms with Gasteiger partial charge in [-0.25, -0.2) is 0 Å².